The van der Waals surface area contributed by atoms with Crippen molar-refractivity contribution in [1.82, 2.24) is 9.80 Å². The van der Waals surface area contributed by atoms with Gasteiger partial charge >= 0.3 is 0 Å². The highest BCUT2D eigenvalue weighted by atomic mass is 16.5. The molecule has 0 spiro atoms. The van der Waals surface area contributed by atoms with Crippen LogP contribution >= 0.6 is 0 Å². The molecule has 128 valence electrons. The Balaban J connectivity index is 2.06. The molecule has 0 radical (unpaired) electrons. The van der Waals surface area contributed by atoms with E-state index in [1.54, 1.807) is 19.2 Å². The molecule has 6 nitrogen and oxygen atoms in total. The van der Waals surface area contributed by atoms with Gasteiger partial charge in [0.25, 0.3) is 11.8 Å². The predicted molar refractivity (Wildman–Crippen MR) is 89.3 cm³/mol. The number of carbonyl (C=O) groups is 2. The van der Waals surface area contributed by atoms with Gasteiger partial charge in [-0.05, 0) is 31.5 Å². The van der Waals surface area contributed by atoms with Crippen LogP contribution in [0.2, 0.25) is 0 Å². The van der Waals surface area contributed by atoms with Crippen LogP contribution in [0.3, 0.4) is 0 Å². The van der Waals surface area contributed by atoms with Gasteiger partial charge in [-0.3, -0.25) is 14.5 Å². The van der Waals surface area contributed by atoms with Crippen LogP contribution in [0.15, 0.2) is 30.0 Å². The first-order chi connectivity index (χ1) is 11.4. The number of amides is 2. The number of imide groups is 1. The number of hydrogen-bond acceptors (Lipinski definition) is 5. The number of morpholine rings is 1. The lowest BCUT2D eigenvalue weighted by Gasteiger charge is -2.37. The van der Waals surface area contributed by atoms with E-state index in [0.717, 1.165) is 5.56 Å². The lowest BCUT2D eigenvalue weighted by atomic mass is 10.0. The molecule has 2 heterocycles. The maximum Gasteiger partial charge on any atom is 0.277 e. The zero-order valence-corrected chi connectivity index (χ0v) is 14.4. The molecule has 0 N–H and O–H groups in total. The number of carbonyl (C=O) groups excluding carboxylic acids is 2. The Bertz CT molecular complexity index is 685. The van der Waals surface area contributed by atoms with E-state index in [1.165, 1.54) is 11.9 Å². The lowest BCUT2D eigenvalue weighted by molar-refractivity contribution is -0.136. The van der Waals surface area contributed by atoms with E-state index in [0.29, 0.717) is 30.1 Å². The number of nitrogens with zero attached hydrogens (tertiary/aromatic N) is 2. The van der Waals surface area contributed by atoms with Gasteiger partial charge in [0, 0.05) is 20.1 Å². The minimum absolute atomic E-state index is 0.00664. The average Bonchev–Trinajstić information content (AvgIpc) is 2.78. The Morgan fingerprint density at radius 2 is 1.62 bits per heavy atom. The van der Waals surface area contributed by atoms with Crippen molar-refractivity contribution in [2.75, 3.05) is 27.2 Å². The summed E-state index contributed by atoms with van der Waals surface area (Å²) in [7, 11) is 3.11. The van der Waals surface area contributed by atoms with Crippen molar-refractivity contribution in [3.8, 4) is 5.75 Å². The minimum Gasteiger partial charge on any atom is -0.497 e. The molecule has 24 heavy (non-hydrogen) atoms. The molecule has 2 atom stereocenters. The van der Waals surface area contributed by atoms with Gasteiger partial charge < -0.3 is 14.4 Å². The number of methoxy groups -OCH3 is 1. The van der Waals surface area contributed by atoms with Crippen molar-refractivity contribution in [2.24, 2.45) is 0 Å². The summed E-state index contributed by atoms with van der Waals surface area (Å²) in [5.74, 6) is 0.179. The number of rotatable bonds is 3. The van der Waals surface area contributed by atoms with E-state index in [4.69, 9.17) is 9.47 Å². The molecular weight excluding hydrogens is 308 g/mol. The fourth-order valence-electron chi connectivity index (χ4n) is 3.30. The SMILES string of the molecule is COc1ccc(C2=C(N3CC(C)OC(C)C3)C(=O)N(C)C2=O)cc1. The maximum atomic E-state index is 12.7. The molecule has 1 saturated heterocycles. The molecule has 2 amide bonds. The molecule has 1 aromatic rings. The highest BCUT2D eigenvalue weighted by Gasteiger charge is 2.41. The van der Waals surface area contributed by atoms with Crippen molar-refractivity contribution >= 4 is 17.4 Å². The molecule has 0 bridgehead atoms. The van der Waals surface area contributed by atoms with Crippen molar-refractivity contribution in [1.29, 1.82) is 0 Å². The van der Waals surface area contributed by atoms with Gasteiger partial charge in [0.1, 0.15) is 11.4 Å². The molecule has 6 heteroatoms. The van der Waals surface area contributed by atoms with E-state index < -0.39 is 0 Å². The topological polar surface area (TPSA) is 59.1 Å². The Hall–Kier alpha value is -2.34. The van der Waals surface area contributed by atoms with Gasteiger partial charge in [-0.1, -0.05) is 12.1 Å². The van der Waals surface area contributed by atoms with Crippen LogP contribution in [-0.2, 0) is 14.3 Å². The first-order valence-corrected chi connectivity index (χ1v) is 8.04. The van der Waals surface area contributed by atoms with Crippen LogP contribution in [0.25, 0.3) is 5.57 Å². The van der Waals surface area contributed by atoms with E-state index in [1.807, 2.05) is 30.9 Å². The zero-order valence-electron chi connectivity index (χ0n) is 14.4. The Labute approximate surface area is 141 Å². The van der Waals surface area contributed by atoms with E-state index >= 15 is 0 Å². The standard InChI is InChI=1S/C18H22N2O4/c1-11-9-20(10-12(2)24-11)16-15(17(21)19(3)18(16)22)13-5-7-14(23-4)8-6-13/h5-8,11-12H,9-10H2,1-4H3. The summed E-state index contributed by atoms with van der Waals surface area (Å²) in [6.45, 7) is 5.13. The summed E-state index contributed by atoms with van der Waals surface area (Å²) in [6, 6.07) is 7.21. The normalized spacial score (nSPS) is 24.8. The number of ether oxygens (including phenoxy) is 2. The Morgan fingerprint density at radius 3 is 2.17 bits per heavy atom. The van der Waals surface area contributed by atoms with Crippen LogP contribution in [0.5, 0.6) is 5.75 Å². The van der Waals surface area contributed by atoms with E-state index in [-0.39, 0.29) is 24.0 Å². The van der Waals surface area contributed by atoms with Gasteiger partial charge in [-0.2, -0.15) is 0 Å². The molecular formula is C18H22N2O4. The zero-order chi connectivity index (χ0) is 17.4. The fraction of sp³-hybridized carbons (Fsp3) is 0.444. The van der Waals surface area contributed by atoms with Gasteiger partial charge in [0.15, 0.2) is 0 Å². The van der Waals surface area contributed by atoms with Crippen LogP contribution < -0.4 is 4.74 Å². The van der Waals surface area contributed by atoms with Gasteiger partial charge in [-0.25, -0.2) is 0 Å². The number of hydrogen-bond donors (Lipinski definition) is 0. The summed E-state index contributed by atoms with van der Waals surface area (Å²) in [5, 5.41) is 0. The second kappa shape index (κ2) is 6.28. The smallest absolute Gasteiger partial charge is 0.277 e. The Morgan fingerprint density at radius 1 is 1.04 bits per heavy atom. The third-order valence-corrected chi connectivity index (χ3v) is 4.38. The summed E-state index contributed by atoms with van der Waals surface area (Å²) in [6.07, 6.45) is 0.0133. The Kier molecular flexibility index (Phi) is 4.32. The van der Waals surface area contributed by atoms with Crippen molar-refractivity contribution < 1.29 is 19.1 Å². The summed E-state index contributed by atoms with van der Waals surface area (Å²) >= 11 is 0. The monoisotopic (exact) mass is 330 g/mol. The minimum atomic E-state index is -0.271. The van der Waals surface area contributed by atoms with E-state index in [9.17, 15) is 9.59 Å². The summed E-state index contributed by atoms with van der Waals surface area (Å²) < 4.78 is 10.9. The predicted octanol–water partition coefficient (Wildman–Crippen LogP) is 1.51. The van der Waals surface area contributed by atoms with Crippen molar-refractivity contribution in [3.63, 3.8) is 0 Å². The van der Waals surface area contributed by atoms with Crippen molar-refractivity contribution in [2.45, 2.75) is 26.1 Å². The summed E-state index contributed by atoms with van der Waals surface area (Å²) in [5.41, 5.74) is 1.64. The van der Waals surface area contributed by atoms with Crippen molar-refractivity contribution in [3.05, 3.63) is 35.5 Å². The molecule has 0 aromatic heterocycles. The van der Waals surface area contributed by atoms with Gasteiger partial charge in [0.05, 0.1) is 24.9 Å². The van der Waals surface area contributed by atoms with Crippen LogP contribution in [-0.4, -0.2) is 61.1 Å². The molecule has 3 rings (SSSR count). The number of benzene rings is 1. The first-order valence-electron chi connectivity index (χ1n) is 8.04. The highest BCUT2D eigenvalue weighted by molar-refractivity contribution is 6.35. The second-order valence-electron chi connectivity index (χ2n) is 6.28. The highest BCUT2D eigenvalue weighted by Crippen LogP contribution is 2.33. The van der Waals surface area contributed by atoms with Gasteiger partial charge in [-0.15, -0.1) is 0 Å². The van der Waals surface area contributed by atoms with Crippen LogP contribution in [0.1, 0.15) is 19.4 Å². The third kappa shape index (κ3) is 2.78. The van der Waals surface area contributed by atoms with E-state index in [2.05, 4.69) is 0 Å². The number of likely N-dealkylation sites (N-methyl/N-ethyl adjacent to an activating group) is 1. The largest absolute Gasteiger partial charge is 0.497 e. The molecule has 2 unspecified atom stereocenters. The molecule has 1 aromatic carbocycles. The van der Waals surface area contributed by atoms with Crippen LogP contribution in [0.4, 0.5) is 0 Å². The van der Waals surface area contributed by atoms with Gasteiger partial charge in [0.2, 0.25) is 0 Å². The van der Waals surface area contributed by atoms with Crippen LogP contribution in [0, 0.1) is 0 Å². The lowest BCUT2D eigenvalue weighted by Crippen LogP contribution is -2.46. The molecule has 2 aliphatic rings. The fourth-order valence-corrected chi connectivity index (χ4v) is 3.30. The first kappa shape index (κ1) is 16.5. The average molecular weight is 330 g/mol. The third-order valence-electron chi connectivity index (χ3n) is 4.38. The molecule has 0 aliphatic carbocycles. The molecule has 2 aliphatic heterocycles. The quantitative estimate of drug-likeness (QED) is 0.787. The molecule has 1 fully saturated rings. The summed E-state index contributed by atoms with van der Waals surface area (Å²) in [4.78, 5) is 28.5. The molecule has 0 saturated carbocycles. The second-order valence-corrected chi connectivity index (χ2v) is 6.28. The maximum absolute atomic E-state index is 12.7.